The van der Waals surface area contributed by atoms with Gasteiger partial charge in [0.2, 0.25) is 0 Å². The minimum Gasteiger partial charge on any atom is -0.461 e. The van der Waals surface area contributed by atoms with Crippen LogP contribution >= 0.6 is 0 Å². The summed E-state index contributed by atoms with van der Waals surface area (Å²) in [7, 11) is 1.90. The molecule has 1 aromatic rings. The van der Waals surface area contributed by atoms with E-state index in [1.807, 2.05) is 11.9 Å². The summed E-state index contributed by atoms with van der Waals surface area (Å²) < 4.78 is 17.7. The van der Waals surface area contributed by atoms with Crippen LogP contribution in [-0.2, 0) is 16.1 Å². The van der Waals surface area contributed by atoms with Crippen LogP contribution in [0, 0.1) is 5.82 Å². The molecule has 0 spiro atoms. The summed E-state index contributed by atoms with van der Waals surface area (Å²) in [4.78, 5) is 13.2. The maximum atomic E-state index is 12.7. The lowest BCUT2D eigenvalue weighted by Crippen LogP contribution is -2.23. The van der Waals surface area contributed by atoms with Gasteiger partial charge in [0.15, 0.2) is 0 Å². The first-order chi connectivity index (χ1) is 8.97. The van der Waals surface area contributed by atoms with Crippen LogP contribution < -0.4 is 5.73 Å². The number of hydrogen-bond acceptors (Lipinski definition) is 4. The molecule has 19 heavy (non-hydrogen) atoms. The van der Waals surface area contributed by atoms with Crippen LogP contribution in [0.15, 0.2) is 36.0 Å². The fraction of sp³-hybridized carbons (Fsp3) is 0.357. The van der Waals surface area contributed by atoms with E-state index in [1.54, 1.807) is 19.1 Å². The molecule has 0 bridgehead atoms. The van der Waals surface area contributed by atoms with Crippen molar-refractivity contribution in [2.75, 3.05) is 20.2 Å². The number of ether oxygens (including phenoxy) is 1. The number of carbonyl (C=O) groups excluding carboxylic acids is 1. The summed E-state index contributed by atoms with van der Waals surface area (Å²) in [6.45, 7) is 3.19. The molecule has 1 aromatic carbocycles. The molecule has 1 rings (SSSR count). The van der Waals surface area contributed by atoms with Crippen LogP contribution in [0.5, 0.6) is 0 Å². The Labute approximate surface area is 112 Å². The van der Waals surface area contributed by atoms with Gasteiger partial charge in [-0.15, -0.1) is 0 Å². The van der Waals surface area contributed by atoms with Crippen molar-refractivity contribution in [1.82, 2.24) is 4.90 Å². The average Bonchev–Trinajstić information content (AvgIpc) is 2.31. The van der Waals surface area contributed by atoms with Crippen molar-refractivity contribution in [3.05, 3.63) is 47.4 Å². The largest absolute Gasteiger partial charge is 0.461 e. The molecule has 0 aliphatic carbocycles. The fourth-order valence-corrected chi connectivity index (χ4v) is 1.51. The Balaban J connectivity index is 2.28. The van der Waals surface area contributed by atoms with Crippen LogP contribution in [0.25, 0.3) is 0 Å². The second-order valence-corrected chi connectivity index (χ2v) is 4.42. The fourth-order valence-electron chi connectivity index (χ4n) is 1.51. The van der Waals surface area contributed by atoms with Crippen molar-refractivity contribution in [1.29, 1.82) is 0 Å². The van der Waals surface area contributed by atoms with Crippen LogP contribution in [-0.4, -0.2) is 31.1 Å². The van der Waals surface area contributed by atoms with Crippen LogP contribution in [0.2, 0.25) is 0 Å². The molecule has 0 amide bonds. The first kappa shape index (κ1) is 15.2. The van der Waals surface area contributed by atoms with Crippen LogP contribution in [0.1, 0.15) is 12.5 Å². The molecule has 2 N–H and O–H groups in total. The summed E-state index contributed by atoms with van der Waals surface area (Å²) in [5.74, 6) is -0.681. The second kappa shape index (κ2) is 7.53. The minimum atomic E-state index is -0.435. The molecule has 0 aromatic heterocycles. The molecule has 0 heterocycles. The number of carbonyl (C=O) groups is 1. The predicted molar refractivity (Wildman–Crippen MR) is 71.6 cm³/mol. The average molecular weight is 266 g/mol. The van der Waals surface area contributed by atoms with E-state index in [4.69, 9.17) is 10.5 Å². The molecule has 0 saturated heterocycles. The summed E-state index contributed by atoms with van der Waals surface area (Å²) in [5, 5.41) is 0. The highest BCUT2D eigenvalue weighted by Gasteiger charge is 2.03. The number of rotatable bonds is 6. The van der Waals surface area contributed by atoms with E-state index in [9.17, 15) is 9.18 Å². The predicted octanol–water partition coefficient (Wildman–Crippen LogP) is 1.66. The van der Waals surface area contributed by atoms with Crippen molar-refractivity contribution in [2.24, 2.45) is 5.73 Å². The Hall–Kier alpha value is -1.88. The normalized spacial score (nSPS) is 11.7. The van der Waals surface area contributed by atoms with E-state index in [1.165, 1.54) is 18.2 Å². The lowest BCUT2D eigenvalue weighted by Gasteiger charge is -2.16. The molecule has 0 radical (unpaired) electrons. The van der Waals surface area contributed by atoms with E-state index < -0.39 is 5.97 Å². The molecule has 0 atom stereocenters. The topological polar surface area (TPSA) is 55.6 Å². The van der Waals surface area contributed by atoms with Crippen molar-refractivity contribution < 1.29 is 13.9 Å². The number of nitrogens with two attached hydrogens (primary N) is 1. The smallest absolute Gasteiger partial charge is 0.332 e. The molecule has 0 unspecified atom stereocenters. The highest BCUT2D eigenvalue weighted by molar-refractivity contribution is 5.82. The van der Waals surface area contributed by atoms with Gasteiger partial charge in [0.1, 0.15) is 12.4 Å². The third kappa shape index (κ3) is 6.57. The van der Waals surface area contributed by atoms with Gasteiger partial charge < -0.3 is 10.5 Å². The zero-order valence-corrected chi connectivity index (χ0v) is 11.2. The third-order valence-corrected chi connectivity index (χ3v) is 2.43. The summed E-state index contributed by atoms with van der Waals surface area (Å²) >= 11 is 0. The Bertz CT molecular complexity index is 439. The Kier molecular flexibility index (Phi) is 6.02. The van der Waals surface area contributed by atoms with E-state index in [0.29, 0.717) is 25.4 Å². The summed E-state index contributed by atoms with van der Waals surface area (Å²) in [5.41, 5.74) is 6.79. The van der Waals surface area contributed by atoms with E-state index in [0.717, 1.165) is 5.56 Å². The molecule has 0 aliphatic rings. The molecule has 0 aliphatic heterocycles. The standard InChI is InChI=1S/C14H19FN2O2/c1-11(16)9-14(18)19-8-7-17(2)10-12-3-5-13(15)6-4-12/h3-6,9H,7-8,10,16H2,1-2H3/b11-9-. The number of esters is 1. The lowest BCUT2D eigenvalue weighted by atomic mass is 10.2. The van der Waals surface area contributed by atoms with Crippen LogP contribution in [0.4, 0.5) is 4.39 Å². The monoisotopic (exact) mass is 266 g/mol. The molecule has 4 nitrogen and oxygen atoms in total. The first-order valence-electron chi connectivity index (χ1n) is 6.01. The zero-order valence-electron chi connectivity index (χ0n) is 11.2. The SMILES string of the molecule is C/C(N)=C/C(=O)OCCN(C)Cc1ccc(F)cc1. The van der Waals surface area contributed by atoms with Gasteiger partial charge in [-0.2, -0.15) is 0 Å². The Morgan fingerprint density at radius 1 is 1.42 bits per heavy atom. The van der Waals surface area contributed by atoms with Crippen molar-refractivity contribution in [3.8, 4) is 0 Å². The van der Waals surface area contributed by atoms with Gasteiger partial charge in [-0.1, -0.05) is 12.1 Å². The molecular weight excluding hydrogens is 247 g/mol. The number of nitrogens with zero attached hydrogens (tertiary/aromatic N) is 1. The highest BCUT2D eigenvalue weighted by Crippen LogP contribution is 2.05. The number of likely N-dealkylation sites (N-methyl/N-ethyl adjacent to an activating group) is 1. The summed E-state index contributed by atoms with van der Waals surface area (Å²) in [6.07, 6.45) is 1.25. The number of hydrogen-bond donors (Lipinski definition) is 1. The number of benzene rings is 1. The Morgan fingerprint density at radius 2 is 2.05 bits per heavy atom. The molecule has 104 valence electrons. The molecule has 5 heteroatoms. The Morgan fingerprint density at radius 3 is 2.63 bits per heavy atom. The summed E-state index contributed by atoms with van der Waals surface area (Å²) in [6, 6.07) is 6.33. The number of halogens is 1. The van der Waals surface area contributed by atoms with Crippen LogP contribution in [0.3, 0.4) is 0 Å². The van der Waals surface area contributed by atoms with Gasteiger partial charge in [-0.25, -0.2) is 9.18 Å². The third-order valence-electron chi connectivity index (χ3n) is 2.43. The molecular formula is C14H19FN2O2. The van der Waals surface area contributed by atoms with Gasteiger partial charge >= 0.3 is 5.97 Å². The lowest BCUT2D eigenvalue weighted by molar-refractivity contribution is -0.138. The van der Waals surface area contributed by atoms with Crippen molar-refractivity contribution in [3.63, 3.8) is 0 Å². The van der Waals surface area contributed by atoms with Gasteiger partial charge in [0.05, 0.1) is 0 Å². The van der Waals surface area contributed by atoms with E-state index in [-0.39, 0.29) is 5.82 Å². The van der Waals surface area contributed by atoms with Gasteiger partial charge in [0.25, 0.3) is 0 Å². The van der Waals surface area contributed by atoms with E-state index >= 15 is 0 Å². The molecule has 0 saturated carbocycles. The van der Waals surface area contributed by atoms with Crippen molar-refractivity contribution in [2.45, 2.75) is 13.5 Å². The maximum Gasteiger partial charge on any atom is 0.332 e. The van der Waals surface area contributed by atoms with Gasteiger partial charge in [-0.05, 0) is 31.7 Å². The zero-order chi connectivity index (χ0) is 14.3. The van der Waals surface area contributed by atoms with Crippen molar-refractivity contribution >= 4 is 5.97 Å². The van der Waals surface area contributed by atoms with Gasteiger partial charge in [0, 0.05) is 24.9 Å². The highest BCUT2D eigenvalue weighted by atomic mass is 19.1. The van der Waals surface area contributed by atoms with Gasteiger partial charge in [-0.3, -0.25) is 4.90 Å². The van der Waals surface area contributed by atoms with E-state index in [2.05, 4.69) is 0 Å². The second-order valence-electron chi connectivity index (χ2n) is 4.42. The minimum absolute atomic E-state index is 0.246. The molecule has 0 fully saturated rings. The number of allylic oxidation sites excluding steroid dienone is 1. The quantitative estimate of drug-likeness (QED) is 0.628. The first-order valence-corrected chi connectivity index (χ1v) is 6.01. The maximum absolute atomic E-state index is 12.7.